The minimum atomic E-state index is -1.08. The molecule has 2 N–H and O–H groups in total. The van der Waals surface area contributed by atoms with Gasteiger partial charge in [0.25, 0.3) is 0 Å². The summed E-state index contributed by atoms with van der Waals surface area (Å²) in [5, 5.41) is 2.80. The van der Waals surface area contributed by atoms with Gasteiger partial charge in [-0.05, 0) is 36.2 Å². The smallest absolute Gasteiger partial charge is 0.339 e. The highest BCUT2D eigenvalue weighted by Gasteiger charge is 2.22. The van der Waals surface area contributed by atoms with Crippen molar-refractivity contribution >= 4 is 5.97 Å². The summed E-state index contributed by atoms with van der Waals surface area (Å²) in [6.07, 6.45) is 0.763. The molecule has 0 aliphatic carbocycles. The van der Waals surface area contributed by atoms with Crippen LogP contribution in [0.25, 0.3) is 0 Å². The molecule has 0 radical (unpaired) electrons. The van der Waals surface area contributed by atoms with Gasteiger partial charge in [-0.2, -0.15) is 0 Å². The quantitative estimate of drug-likeness (QED) is 0.600. The van der Waals surface area contributed by atoms with Crippen molar-refractivity contribution in [2.75, 3.05) is 13.2 Å². The van der Waals surface area contributed by atoms with Crippen molar-refractivity contribution in [3.63, 3.8) is 0 Å². The Bertz CT molecular complexity index is 376. The summed E-state index contributed by atoms with van der Waals surface area (Å²) >= 11 is 0. The molecule has 1 rings (SSSR count). The average molecular weight is 236 g/mol. The monoisotopic (exact) mass is 236 g/mol. The molecule has 0 aromatic heterocycles. The van der Waals surface area contributed by atoms with Crippen LogP contribution in [0.2, 0.25) is 0 Å². The fourth-order valence-electron chi connectivity index (χ4n) is 1.49. The Morgan fingerprint density at radius 2 is 2.06 bits per heavy atom. The number of benzene rings is 1. The van der Waals surface area contributed by atoms with Crippen LogP contribution in [-0.2, 0) is 16.0 Å². The lowest BCUT2D eigenvalue weighted by Crippen LogP contribution is -2.14. The summed E-state index contributed by atoms with van der Waals surface area (Å²) in [4.78, 5) is 22.1. The second-order valence-electron chi connectivity index (χ2n) is 3.54. The number of rotatable bonds is 6. The second kappa shape index (κ2) is 6.75. The Morgan fingerprint density at radius 1 is 1.41 bits per heavy atom. The molecule has 1 aromatic rings. The third-order valence-electron chi connectivity index (χ3n) is 2.34. The SMILES string of the molecule is CCOC(=O)C(N=O)c1ccc(CCN)cc1. The topological polar surface area (TPSA) is 81.8 Å². The zero-order chi connectivity index (χ0) is 12.7. The van der Waals surface area contributed by atoms with E-state index in [0.717, 1.165) is 12.0 Å². The molecule has 17 heavy (non-hydrogen) atoms. The molecule has 1 aromatic carbocycles. The minimum Gasteiger partial charge on any atom is -0.464 e. The van der Waals surface area contributed by atoms with Gasteiger partial charge in [0, 0.05) is 0 Å². The Kier molecular flexibility index (Phi) is 5.29. The van der Waals surface area contributed by atoms with Crippen LogP contribution in [0.3, 0.4) is 0 Å². The molecular formula is C12H16N2O3. The molecule has 0 spiro atoms. The van der Waals surface area contributed by atoms with Crippen molar-refractivity contribution < 1.29 is 9.53 Å². The summed E-state index contributed by atoms with van der Waals surface area (Å²) in [6.45, 7) is 2.48. The molecular weight excluding hydrogens is 220 g/mol. The molecule has 0 bridgehead atoms. The number of hydrogen-bond acceptors (Lipinski definition) is 5. The number of nitrogens with two attached hydrogens (primary N) is 1. The summed E-state index contributed by atoms with van der Waals surface area (Å²) in [5.74, 6) is -0.617. The van der Waals surface area contributed by atoms with Gasteiger partial charge in [0.05, 0.1) is 6.61 Å². The van der Waals surface area contributed by atoms with E-state index in [1.54, 1.807) is 19.1 Å². The predicted octanol–water partition coefficient (Wildman–Crippen LogP) is 1.56. The van der Waals surface area contributed by atoms with Crippen LogP contribution in [0, 0.1) is 4.91 Å². The minimum absolute atomic E-state index is 0.232. The van der Waals surface area contributed by atoms with Crippen LogP contribution < -0.4 is 5.73 Å². The van der Waals surface area contributed by atoms with Crippen LogP contribution in [0.1, 0.15) is 24.1 Å². The Labute approximate surface area is 99.9 Å². The number of ether oxygens (including phenoxy) is 1. The Morgan fingerprint density at radius 3 is 2.53 bits per heavy atom. The van der Waals surface area contributed by atoms with Gasteiger partial charge in [-0.25, -0.2) is 4.79 Å². The second-order valence-corrected chi connectivity index (χ2v) is 3.54. The maximum absolute atomic E-state index is 11.4. The molecule has 0 fully saturated rings. The zero-order valence-corrected chi connectivity index (χ0v) is 9.76. The fraction of sp³-hybridized carbons (Fsp3) is 0.417. The number of carbonyl (C=O) groups is 1. The third kappa shape index (κ3) is 3.64. The van der Waals surface area contributed by atoms with E-state index in [0.29, 0.717) is 12.1 Å². The summed E-state index contributed by atoms with van der Waals surface area (Å²) < 4.78 is 4.77. The van der Waals surface area contributed by atoms with Crippen molar-refractivity contribution in [2.24, 2.45) is 10.9 Å². The van der Waals surface area contributed by atoms with Gasteiger partial charge in [-0.1, -0.05) is 24.3 Å². The number of hydrogen-bond donors (Lipinski definition) is 1. The highest BCUT2D eigenvalue weighted by molar-refractivity contribution is 5.77. The first-order valence-electron chi connectivity index (χ1n) is 5.51. The summed E-state index contributed by atoms with van der Waals surface area (Å²) in [5.41, 5.74) is 7.03. The lowest BCUT2D eigenvalue weighted by atomic mass is 10.0. The first kappa shape index (κ1) is 13.3. The average Bonchev–Trinajstić information content (AvgIpc) is 2.33. The van der Waals surface area contributed by atoms with Crippen LogP contribution >= 0.6 is 0 Å². The zero-order valence-electron chi connectivity index (χ0n) is 9.76. The van der Waals surface area contributed by atoms with Gasteiger partial charge in [0.1, 0.15) is 0 Å². The van der Waals surface area contributed by atoms with Crippen LogP contribution in [0.4, 0.5) is 0 Å². The van der Waals surface area contributed by atoms with E-state index in [2.05, 4.69) is 5.18 Å². The molecule has 0 saturated carbocycles. The van der Waals surface area contributed by atoms with Crippen molar-refractivity contribution in [1.29, 1.82) is 0 Å². The van der Waals surface area contributed by atoms with E-state index in [-0.39, 0.29) is 6.61 Å². The summed E-state index contributed by atoms with van der Waals surface area (Å²) in [6, 6.07) is 5.99. The number of nitrogens with zero attached hydrogens (tertiary/aromatic N) is 1. The standard InChI is InChI=1S/C12H16N2O3/c1-2-17-12(15)11(14-16)10-5-3-9(4-6-10)7-8-13/h3-6,11H,2,7-8,13H2,1H3. The highest BCUT2D eigenvalue weighted by atomic mass is 16.5. The molecule has 0 aliphatic rings. The van der Waals surface area contributed by atoms with E-state index >= 15 is 0 Å². The van der Waals surface area contributed by atoms with E-state index in [1.807, 2.05) is 12.1 Å². The van der Waals surface area contributed by atoms with E-state index in [9.17, 15) is 9.70 Å². The number of esters is 1. The Hall–Kier alpha value is -1.75. The fourth-order valence-corrected chi connectivity index (χ4v) is 1.49. The molecule has 0 heterocycles. The number of nitroso groups, excluding NO2 is 1. The van der Waals surface area contributed by atoms with Crippen molar-refractivity contribution in [2.45, 2.75) is 19.4 Å². The maximum atomic E-state index is 11.4. The molecule has 5 heteroatoms. The van der Waals surface area contributed by atoms with Gasteiger partial charge in [-0.3, -0.25) is 0 Å². The molecule has 0 amide bonds. The normalized spacial score (nSPS) is 11.9. The first-order valence-corrected chi connectivity index (χ1v) is 5.51. The molecule has 5 nitrogen and oxygen atoms in total. The third-order valence-corrected chi connectivity index (χ3v) is 2.34. The van der Waals surface area contributed by atoms with E-state index in [4.69, 9.17) is 10.5 Å². The lowest BCUT2D eigenvalue weighted by molar-refractivity contribution is -0.144. The molecule has 1 unspecified atom stereocenters. The Balaban J connectivity index is 2.82. The summed E-state index contributed by atoms with van der Waals surface area (Å²) in [7, 11) is 0. The van der Waals surface area contributed by atoms with Crippen molar-refractivity contribution in [1.82, 2.24) is 0 Å². The van der Waals surface area contributed by atoms with Crippen molar-refractivity contribution in [3.8, 4) is 0 Å². The van der Waals surface area contributed by atoms with Crippen LogP contribution in [0.15, 0.2) is 29.4 Å². The van der Waals surface area contributed by atoms with Gasteiger partial charge in [0.2, 0.25) is 6.04 Å². The maximum Gasteiger partial charge on any atom is 0.339 e. The van der Waals surface area contributed by atoms with E-state index in [1.165, 1.54) is 0 Å². The molecule has 0 saturated heterocycles. The molecule has 1 atom stereocenters. The van der Waals surface area contributed by atoms with Gasteiger partial charge < -0.3 is 10.5 Å². The van der Waals surface area contributed by atoms with Gasteiger partial charge in [-0.15, -0.1) is 4.91 Å². The number of carbonyl (C=O) groups excluding carboxylic acids is 1. The lowest BCUT2D eigenvalue weighted by Gasteiger charge is -2.09. The van der Waals surface area contributed by atoms with E-state index < -0.39 is 12.0 Å². The molecule has 92 valence electrons. The van der Waals surface area contributed by atoms with Crippen LogP contribution in [-0.4, -0.2) is 19.1 Å². The highest BCUT2D eigenvalue weighted by Crippen LogP contribution is 2.19. The molecule has 0 aliphatic heterocycles. The van der Waals surface area contributed by atoms with Crippen molar-refractivity contribution in [3.05, 3.63) is 40.3 Å². The van der Waals surface area contributed by atoms with Crippen LogP contribution in [0.5, 0.6) is 0 Å². The predicted molar refractivity (Wildman–Crippen MR) is 64.4 cm³/mol. The largest absolute Gasteiger partial charge is 0.464 e. The first-order chi connectivity index (χ1) is 8.22. The van der Waals surface area contributed by atoms with Gasteiger partial charge in [0.15, 0.2) is 0 Å². The van der Waals surface area contributed by atoms with Gasteiger partial charge >= 0.3 is 5.97 Å².